The number of carbonyl (C=O) groups is 1. The molecular weight excluding hydrogens is 404 g/mol. The lowest BCUT2D eigenvalue weighted by atomic mass is 10.1. The normalized spacial score (nSPS) is 11.8. The summed E-state index contributed by atoms with van der Waals surface area (Å²) in [6, 6.07) is 13.4. The van der Waals surface area contributed by atoms with Gasteiger partial charge in [0.15, 0.2) is 0 Å². The Morgan fingerprint density at radius 2 is 1.72 bits per heavy atom. The number of aryl methyl sites for hydroxylation is 1. The van der Waals surface area contributed by atoms with Crippen molar-refractivity contribution < 1.29 is 9.53 Å². The highest BCUT2D eigenvalue weighted by molar-refractivity contribution is 6.02. The van der Waals surface area contributed by atoms with Gasteiger partial charge in [0.05, 0.1) is 41.3 Å². The lowest BCUT2D eigenvalue weighted by molar-refractivity contribution is 0.0602. The minimum atomic E-state index is -0.388. The van der Waals surface area contributed by atoms with Crippen LogP contribution in [0.4, 0.5) is 0 Å². The van der Waals surface area contributed by atoms with E-state index in [2.05, 4.69) is 18.4 Å². The number of methoxy groups -OCH3 is 1. The molecular formula is C25H30N4O3. The number of esters is 1. The van der Waals surface area contributed by atoms with Crippen molar-refractivity contribution in [2.75, 3.05) is 7.11 Å². The van der Waals surface area contributed by atoms with Gasteiger partial charge in [0.1, 0.15) is 5.82 Å². The first-order valence-electron chi connectivity index (χ1n) is 11.1. The summed E-state index contributed by atoms with van der Waals surface area (Å²) in [6.07, 6.45) is 0.927. The van der Waals surface area contributed by atoms with Crippen molar-refractivity contribution >= 4 is 28.0 Å². The van der Waals surface area contributed by atoms with Crippen LogP contribution in [0.2, 0.25) is 0 Å². The second-order valence-electron chi connectivity index (χ2n) is 8.85. The minimum Gasteiger partial charge on any atom is -0.465 e. The van der Waals surface area contributed by atoms with E-state index in [0.29, 0.717) is 24.6 Å². The third-order valence-corrected chi connectivity index (χ3v) is 5.87. The highest BCUT2D eigenvalue weighted by Gasteiger charge is 2.21. The number of hydrogen-bond acceptors (Lipinski definition) is 4. The smallest absolute Gasteiger partial charge is 0.340 e. The van der Waals surface area contributed by atoms with Gasteiger partial charge in [-0.05, 0) is 50.5 Å². The van der Waals surface area contributed by atoms with Crippen LogP contribution in [0.1, 0.15) is 56.3 Å². The number of hydrogen-bond donors (Lipinski definition) is 0. The Balaban J connectivity index is 1.92. The third kappa shape index (κ3) is 3.72. The number of ether oxygens (including phenoxy) is 1. The van der Waals surface area contributed by atoms with Crippen LogP contribution < -0.4 is 5.69 Å². The molecule has 0 aliphatic heterocycles. The third-order valence-electron chi connectivity index (χ3n) is 5.87. The molecule has 0 fully saturated rings. The molecule has 2 aromatic heterocycles. The number of rotatable bonds is 7. The molecule has 0 unspecified atom stereocenters. The molecule has 7 heteroatoms. The van der Waals surface area contributed by atoms with Gasteiger partial charge in [0, 0.05) is 12.6 Å². The van der Waals surface area contributed by atoms with Gasteiger partial charge in [0.2, 0.25) is 0 Å². The number of imidazole rings is 2. The summed E-state index contributed by atoms with van der Waals surface area (Å²) < 4.78 is 10.7. The lowest BCUT2D eigenvalue weighted by Crippen LogP contribution is -2.27. The highest BCUT2D eigenvalue weighted by atomic mass is 16.5. The molecule has 168 valence electrons. The van der Waals surface area contributed by atoms with E-state index < -0.39 is 0 Å². The van der Waals surface area contributed by atoms with E-state index in [9.17, 15) is 9.59 Å². The first kappa shape index (κ1) is 21.9. The van der Waals surface area contributed by atoms with E-state index in [1.54, 1.807) is 10.6 Å². The zero-order chi connectivity index (χ0) is 23.0. The molecule has 2 aromatic carbocycles. The number of benzene rings is 2. The number of fused-ring (bicyclic) bond motifs is 2. The predicted octanol–water partition coefficient (Wildman–Crippen LogP) is 4.61. The van der Waals surface area contributed by atoms with Crippen molar-refractivity contribution in [3.8, 4) is 0 Å². The lowest BCUT2D eigenvalue weighted by Gasteiger charge is -2.13. The van der Waals surface area contributed by atoms with Gasteiger partial charge in [0.25, 0.3) is 0 Å². The maximum absolute atomic E-state index is 13.4. The second-order valence-corrected chi connectivity index (χ2v) is 8.85. The monoisotopic (exact) mass is 434 g/mol. The maximum atomic E-state index is 13.4. The Hall–Kier alpha value is -3.35. The fraction of sp³-hybridized carbons (Fsp3) is 0.400. The molecule has 0 saturated carbocycles. The van der Waals surface area contributed by atoms with E-state index >= 15 is 0 Å². The van der Waals surface area contributed by atoms with E-state index in [0.717, 1.165) is 34.3 Å². The SMILES string of the molecule is COC(=O)c1cccc2nc(Cn3c(=O)n(C(C)C)c4ccccc43)n(CCC(C)C)c12. The first-order chi connectivity index (χ1) is 15.3. The van der Waals surface area contributed by atoms with Gasteiger partial charge in [-0.3, -0.25) is 9.13 Å². The summed E-state index contributed by atoms with van der Waals surface area (Å²) in [7, 11) is 1.39. The molecule has 0 N–H and O–H groups in total. The maximum Gasteiger partial charge on any atom is 0.340 e. The Morgan fingerprint density at radius 1 is 1.00 bits per heavy atom. The zero-order valence-corrected chi connectivity index (χ0v) is 19.3. The van der Waals surface area contributed by atoms with Gasteiger partial charge in [-0.25, -0.2) is 14.6 Å². The van der Waals surface area contributed by atoms with Crippen LogP contribution in [0.5, 0.6) is 0 Å². The van der Waals surface area contributed by atoms with Crippen LogP contribution >= 0.6 is 0 Å². The summed E-state index contributed by atoms with van der Waals surface area (Å²) in [5.41, 5.74) is 3.71. The van der Waals surface area contributed by atoms with Crippen molar-refractivity contribution in [1.29, 1.82) is 0 Å². The molecule has 32 heavy (non-hydrogen) atoms. The number of nitrogens with zero attached hydrogens (tertiary/aromatic N) is 4. The van der Waals surface area contributed by atoms with Crippen molar-refractivity contribution in [2.45, 2.75) is 53.2 Å². The van der Waals surface area contributed by atoms with Crippen LogP contribution in [0, 0.1) is 5.92 Å². The molecule has 0 spiro atoms. The predicted molar refractivity (Wildman–Crippen MR) is 126 cm³/mol. The van der Waals surface area contributed by atoms with Crippen LogP contribution in [0.25, 0.3) is 22.1 Å². The van der Waals surface area contributed by atoms with Gasteiger partial charge in [-0.15, -0.1) is 0 Å². The number of carbonyl (C=O) groups excluding carboxylic acids is 1. The Labute approximate surface area is 187 Å². The van der Waals surface area contributed by atoms with Crippen molar-refractivity contribution in [1.82, 2.24) is 18.7 Å². The highest BCUT2D eigenvalue weighted by Crippen LogP contribution is 2.25. The number of aromatic nitrogens is 4. The second kappa shape index (κ2) is 8.65. The van der Waals surface area contributed by atoms with Crippen molar-refractivity contribution in [3.05, 3.63) is 64.3 Å². The standard InChI is InChI=1S/C25H30N4O3/c1-16(2)13-14-27-22(26-19-10-8-9-18(23(19)27)24(30)32-5)15-28-20-11-6-7-12-21(20)29(17(3)4)25(28)31/h6-12,16-17H,13-15H2,1-5H3. The van der Waals surface area contributed by atoms with Crippen LogP contribution in [0.3, 0.4) is 0 Å². The van der Waals surface area contributed by atoms with E-state index in [1.165, 1.54) is 7.11 Å². The van der Waals surface area contributed by atoms with Crippen LogP contribution in [-0.4, -0.2) is 31.8 Å². The molecule has 0 bridgehead atoms. The van der Waals surface area contributed by atoms with E-state index in [1.807, 2.05) is 54.8 Å². The molecule has 0 saturated heterocycles. The Morgan fingerprint density at radius 3 is 2.38 bits per heavy atom. The molecule has 0 aliphatic carbocycles. The molecule has 0 amide bonds. The fourth-order valence-corrected chi connectivity index (χ4v) is 4.28. The van der Waals surface area contributed by atoms with Gasteiger partial charge >= 0.3 is 11.7 Å². The average Bonchev–Trinajstić information content (AvgIpc) is 3.26. The topological polar surface area (TPSA) is 71.1 Å². The molecule has 0 aliphatic rings. The molecule has 4 aromatic rings. The molecule has 0 atom stereocenters. The van der Waals surface area contributed by atoms with Gasteiger partial charge in [-0.2, -0.15) is 0 Å². The molecule has 4 rings (SSSR count). The first-order valence-corrected chi connectivity index (χ1v) is 11.1. The number of para-hydroxylation sites is 3. The van der Waals surface area contributed by atoms with E-state index in [-0.39, 0.29) is 17.7 Å². The van der Waals surface area contributed by atoms with Crippen molar-refractivity contribution in [3.63, 3.8) is 0 Å². The minimum absolute atomic E-state index is 0.0411. The average molecular weight is 435 g/mol. The van der Waals surface area contributed by atoms with Crippen molar-refractivity contribution in [2.24, 2.45) is 5.92 Å². The molecule has 2 heterocycles. The fourth-order valence-electron chi connectivity index (χ4n) is 4.28. The Bertz CT molecular complexity index is 1340. The quantitative estimate of drug-likeness (QED) is 0.398. The van der Waals surface area contributed by atoms with E-state index in [4.69, 9.17) is 9.72 Å². The summed E-state index contributed by atoms with van der Waals surface area (Å²) >= 11 is 0. The Kier molecular flexibility index (Phi) is 5.91. The van der Waals surface area contributed by atoms with Crippen LogP contribution in [-0.2, 0) is 17.8 Å². The summed E-state index contributed by atoms with van der Waals surface area (Å²) in [5.74, 6) is 0.850. The van der Waals surface area contributed by atoms with Crippen LogP contribution in [0.15, 0.2) is 47.3 Å². The molecule has 0 radical (unpaired) electrons. The summed E-state index contributed by atoms with van der Waals surface area (Å²) in [4.78, 5) is 30.7. The summed E-state index contributed by atoms with van der Waals surface area (Å²) in [5, 5.41) is 0. The summed E-state index contributed by atoms with van der Waals surface area (Å²) in [6.45, 7) is 9.39. The zero-order valence-electron chi connectivity index (χ0n) is 19.3. The van der Waals surface area contributed by atoms with Gasteiger partial charge in [-0.1, -0.05) is 32.0 Å². The van der Waals surface area contributed by atoms with Gasteiger partial charge < -0.3 is 9.30 Å². The molecule has 7 nitrogen and oxygen atoms in total. The largest absolute Gasteiger partial charge is 0.465 e.